The molecule has 2 heterocycles. The van der Waals surface area contributed by atoms with E-state index in [0.29, 0.717) is 16.9 Å². The molecule has 0 bridgehead atoms. The molecular weight excluding hydrogens is 526 g/mol. The second-order valence-corrected chi connectivity index (χ2v) is 8.81. The summed E-state index contributed by atoms with van der Waals surface area (Å²) in [6, 6.07) is 4.97. The van der Waals surface area contributed by atoms with Gasteiger partial charge in [0.15, 0.2) is 11.3 Å². The zero-order chi connectivity index (χ0) is 29.4. The Labute approximate surface area is 226 Å². The number of pyridine rings is 1. The average Bonchev–Trinajstić information content (AvgIpc) is 2.89. The number of Topliss-reactive ketones (excluding diaryl/α,β-unsaturated/α-hetero) is 1. The van der Waals surface area contributed by atoms with E-state index in [1.165, 1.54) is 24.4 Å². The van der Waals surface area contributed by atoms with Crippen molar-refractivity contribution in [3.63, 3.8) is 0 Å². The van der Waals surface area contributed by atoms with Crippen LogP contribution in [0.4, 0.5) is 11.5 Å². The number of carboxylic acid groups (broad SMARTS) is 2. The fourth-order valence-electron chi connectivity index (χ4n) is 3.61. The van der Waals surface area contributed by atoms with Gasteiger partial charge < -0.3 is 36.9 Å². The van der Waals surface area contributed by atoms with Crippen molar-refractivity contribution in [1.29, 1.82) is 0 Å². The van der Waals surface area contributed by atoms with E-state index in [1.54, 1.807) is 12.1 Å². The summed E-state index contributed by atoms with van der Waals surface area (Å²) in [4.78, 5) is 81.6. The lowest BCUT2D eigenvalue weighted by Crippen LogP contribution is -2.44. The molecular formula is C25H27N7O8. The molecule has 15 nitrogen and oxygen atoms in total. The molecule has 1 aromatic carbocycles. The molecule has 210 valence electrons. The molecule has 0 aliphatic heterocycles. The van der Waals surface area contributed by atoms with Crippen LogP contribution < -0.4 is 27.2 Å². The Morgan fingerprint density at radius 3 is 2.38 bits per heavy atom. The predicted octanol–water partition coefficient (Wildman–Crippen LogP) is 0.0241. The van der Waals surface area contributed by atoms with Crippen molar-refractivity contribution in [2.75, 3.05) is 11.1 Å². The minimum atomic E-state index is -1.41. The van der Waals surface area contributed by atoms with Crippen LogP contribution in [0.25, 0.3) is 11.0 Å². The van der Waals surface area contributed by atoms with E-state index in [1.807, 2.05) is 0 Å². The zero-order valence-electron chi connectivity index (χ0n) is 21.3. The number of H-pyrrole nitrogens is 1. The summed E-state index contributed by atoms with van der Waals surface area (Å²) in [5.74, 6) is -4.43. The van der Waals surface area contributed by atoms with Gasteiger partial charge in [-0.3, -0.25) is 29.0 Å². The summed E-state index contributed by atoms with van der Waals surface area (Å²) < 4.78 is 0. The second kappa shape index (κ2) is 12.9. The van der Waals surface area contributed by atoms with Crippen molar-refractivity contribution in [3.8, 4) is 0 Å². The molecule has 40 heavy (non-hydrogen) atoms. The monoisotopic (exact) mass is 553 g/mol. The highest BCUT2D eigenvalue weighted by Crippen LogP contribution is 2.13. The average molecular weight is 554 g/mol. The normalized spacial score (nSPS) is 12.2. The molecule has 0 radical (unpaired) electrons. The van der Waals surface area contributed by atoms with Gasteiger partial charge in [-0.1, -0.05) is 0 Å². The summed E-state index contributed by atoms with van der Waals surface area (Å²) in [5.41, 5.74) is 6.90. The third-order valence-corrected chi connectivity index (χ3v) is 5.70. The first-order valence-corrected chi connectivity index (χ1v) is 12.0. The smallest absolute Gasteiger partial charge is 0.326 e. The topological polar surface area (TPSA) is 247 Å². The lowest BCUT2D eigenvalue weighted by atomic mass is 10.1. The Kier molecular flexibility index (Phi) is 9.46. The van der Waals surface area contributed by atoms with E-state index in [0.717, 1.165) is 6.92 Å². The Bertz CT molecular complexity index is 1500. The highest BCUT2D eigenvalue weighted by atomic mass is 16.4. The molecule has 0 aliphatic carbocycles. The number of benzene rings is 1. The number of fused-ring (bicyclic) bond motifs is 1. The lowest BCUT2D eigenvalue weighted by molar-refractivity contribution is -0.140. The van der Waals surface area contributed by atoms with E-state index in [9.17, 15) is 33.9 Å². The minimum absolute atomic E-state index is 0.143. The Morgan fingerprint density at radius 2 is 1.75 bits per heavy atom. The molecule has 2 amide bonds. The number of carboxylic acids is 2. The maximum absolute atomic E-state index is 12.6. The van der Waals surface area contributed by atoms with Crippen LogP contribution in [0.2, 0.25) is 0 Å². The maximum atomic E-state index is 12.6. The van der Waals surface area contributed by atoms with Crippen LogP contribution in [0, 0.1) is 0 Å². The number of rotatable bonds is 13. The van der Waals surface area contributed by atoms with E-state index in [-0.39, 0.29) is 36.3 Å². The third kappa shape index (κ3) is 8.08. The van der Waals surface area contributed by atoms with E-state index < -0.39 is 53.6 Å². The van der Waals surface area contributed by atoms with Gasteiger partial charge in [-0.25, -0.2) is 9.78 Å². The van der Waals surface area contributed by atoms with Crippen LogP contribution in [0.5, 0.6) is 0 Å². The van der Waals surface area contributed by atoms with Gasteiger partial charge in [0, 0.05) is 23.7 Å². The molecule has 2 atom stereocenters. The van der Waals surface area contributed by atoms with Crippen molar-refractivity contribution in [2.45, 2.75) is 44.8 Å². The van der Waals surface area contributed by atoms with Crippen LogP contribution in [-0.2, 0) is 25.7 Å². The summed E-state index contributed by atoms with van der Waals surface area (Å²) in [6.45, 7) is 1.35. The molecule has 3 rings (SSSR count). The van der Waals surface area contributed by atoms with E-state index in [4.69, 9.17) is 10.8 Å². The van der Waals surface area contributed by atoms with Crippen LogP contribution in [0.15, 0.2) is 41.3 Å². The second-order valence-electron chi connectivity index (χ2n) is 8.81. The van der Waals surface area contributed by atoms with Gasteiger partial charge in [0.05, 0.1) is 36.4 Å². The van der Waals surface area contributed by atoms with Crippen LogP contribution >= 0.6 is 0 Å². The van der Waals surface area contributed by atoms with Gasteiger partial charge in [0.2, 0.25) is 5.91 Å². The largest absolute Gasteiger partial charge is 0.481 e. The molecule has 15 heteroatoms. The minimum Gasteiger partial charge on any atom is -0.481 e. The number of hydrogen-bond donors (Lipinski definition) is 7. The van der Waals surface area contributed by atoms with E-state index >= 15 is 0 Å². The van der Waals surface area contributed by atoms with Gasteiger partial charge in [-0.15, -0.1) is 0 Å². The standard InChI is InChI=1S/C25H27N7O8/c1-12(33)17(9-21(35)36)30-20(34)7-6-16(25(39)40)31-23(37)13-2-4-14(5-3-13)27-10-15-11-28-18-8-19(26)32-24(38)22(18)29-15/h2-5,8,11,16-17,27H,6-7,9-10H2,1H3,(H,30,34)(H,31,37)(H,35,36)(H,39,40)(H3,26,32,38)/t16-,17-/m0/s1. The first-order chi connectivity index (χ1) is 18.9. The Morgan fingerprint density at radius 1 is 1.05 bits per heavy atom. The summed E-state index contributed by atoms with van der Waals surface area (Å²) >= 11 is 0. The first kappa shape index (κ1) is 29.2. The molecule has 0 aliphatic rings. The Hall–Kier alpha value is -5.34. The number of aromatic amines is 1. The molecule has 0 fully saturated rings. The number of nitrogen functional groups attached to an aromatic ring is 1. The molecule has 0 saturated carbocycles. The number of nitrogens with zero attached hydrogens (tertiary/aromatic N) is 2. The van der Waals surface area contributed by atoms with Crippen molar-refractivity contribution in [1.82, 2.24) is 25.6 Å². The number of amides is 2. The molecule has 2 aromatic heterocycles. The number of aliphatic carboxylic acids is 2. The number of carbonyl (C=O) groups is 5. The third-order valence-electron chi connectivity index (χ3n) is 5.70. The number of anilines is 2. The van der Waals surface area contributed by atoms with Gasteiger partial charge in [-0.05, 0) is 37.6 Å². The Balaban J connectivity index is 1.55. The van der Waals surface area contributed by atoms with Crippen molar-refractivity contribution >= 4 is 52.1 Å². The van der Waals surface area contributed by atoms with Crippen LogP contribution in [0.1, 0.15) is 42.2 Å². The summed E-state index contributed by atoms with van der Waals surface area (Å²) in [7, 11) is 0. The highest BCUT2D eigenvalue weighted by Gasteiger charge is 2.24. The molecule has 8 N–H and O–H groups in total. The zero-order valence-corrected chi connectivity index (χ0v) is 21.3. The number of carbonyl (C=O) groups excluding carboxylic acids is 3. The van der Waals surface area contributed by atoms with Gasteiger partial charge in [-0.2, -0.15) is 0 Å². The molecule has 0 spiro atoms. The van der Waals surface area contributed by atoms with Crippen molar-refractivity contribution < 1.29 is 34.2 Å². The fraction of sp³-hybridized carbons (Fsp3) is 0.280. The molecule has 0 unspecified atom stereocenters. The highest BCUT2D eigenvalue weighted by molar-refractivity contribution is 5.97. The van der Waals surface area contributed by atoms with Gasteiger partial charge in [0.25, 0.3) is 11.5 Å². The molecule has 3 aromatic rings. The first-order valence-electron chi connectivity index (χ1n) is 12.0. The van der Waals surface area contributed by atoms with Crippen molar-refractivity contribution in [2.24, 2.45) is 0 Å². The van der Waals surface area contributed by atoms with Crippen LogP contribution in [0.3, 0.4) is 0 Å². The fourth-order valence-corrected chi connectivity index (χ4v) is 3.61. The number of nitrogens with one attached hydrogen (secondary N) is 4. The van der Waals surface area contributed by atoms with Gasteiger partial charge in [0.1, 0.15) is 11.9 Å². The lowest BCUT2D eigenvalue weighted by Gasteiger charge is -2.17. The number of hydrogen-bond acceptors (Lipinski definition) is 10. The number of ketones is 1. The van der Waals surface area contributed by atoms with Crippen LogP contribution in [-0.4, -0.2) is 66.8 Å². The summed E-state index contributed by atoms with van der Waals surface area (Å²) in [5, 5.41) is 26.0. The SMILES string of the molecule is CC(=O)[C@H](CC(=O)O)NC(=O)CC[C@H](NC(=O)c1ccc(NCc2cnc3cc(N)[nH]c(=O)c3n2)cc1)C(=O)O. The molecule has 0 saturated heterocycles. The maximum Gasteiger partial charge on any atom is 0.326 e. The number of aromatic nitrogens is 3. The van der Waals surface area contributed by atoms with Crippen molar-refractivity contribution in [3.05, 3.63) is 58.1 Å². The summed E-state index contributed by atoms with van der Waals surface area (Å²) in [6.07, 6.45) is 0.248. The van der Waals surface area contributed by atoms with E-state index in [2.05, 4.69) is 30.9 Å². The number of nitrogens with two attached hydrogens (primary N) is 1. The predicted molar refractivity (Wildman–Crippen MR) is 141 cm³/mol. The quantitative estimate of drug-likeness (QED) is 0.148. The van der Waals surface area contributed by atoms with Gasteiger partial charge >= 0.3 is 11.9 Å².